The topological polar surface area (TPSA) is 67.8 Å². The van der Waals surface area contributed by atoms with Gasteiger partial charge in [0.1, 0.15) is 0 Å². The van der Waals surface area contributed by atoms with Crippen molar-refractivity contribution in [1.29, 1.82) is 0 Å². The number of ether oxygens (including phenoxy) is 2. The Kier molecular flexibility index (Phi) is 4.66. The average Bonchev–Trinajstić information content (AvgIpc) is 3.15. The third-order valence-electron chi connectivity index (χ3n) is 4.51. The SMILES string of the molecule is O=C(O)c1ccc(CCc2ccccc2)cc1Nc1ccc2c(c1)OCO2. The molecule has 4 rings (SSSR count). The van der Waals surface area contributed by atoms with Crippen LogP contribution >= 0.6 is 0 Å². The normalized spacial score (nSPS) is 12.0. The summed E-state index contributed by atoms with van der Waals surface area (Å²) in [6.07, 6.45) is 1.73. The summed E-state index contributed by atoms with van der Waals surface area (Å²) in [6.45, 7) is 0.203. The van der Waals surface area contributed by atoms with Gasteiger partial charge in [-0.05, 0) is 48.2 Å². The maximum absolute atomic E-state index is 11.6. The van der Waals surface area contributed by atoms with Gasteiger partial charge in [-0.2, -0.15) is 0 Å². The van der Waals surface area contributed by atoms with Crippen molar-refractivity contribution in [1.82, 2.24) is 0 Å². The second kappa shape index (κ2) is 7.41. The summed E-state index contributed by atoms with van der Waals surface area (Å²) in [6, 6.07) is 21.1. The first-order valence-corrected chi connectivity index (χ1v) is 8.76. The number of carboxylic acid groups (broad SMARTS) is 1. The van der Waals surface area contributed by atoms with Gasteiger partial charge in [0.15, 0.2) is 11.5 Å². The van der Waals surface area contributed by atoms with Crippen LogP contribution < -0.4 is 14.8 Å². The number of carboxylic acids is 1. The lowest BCUT2D eigenvalue weighted by Crippen LogP contribution is -2.04. The Morgan fingerprint density at radius 1 is 0.889 bits per heavy atom. The van der Waals surface area contributed by atoms with Gasteiger partial charge in [0.05, 0.1) is 11.3 Å². The largest absolute Gasteiger partial charge is 0.478 e. The van der Waals surface area contributed by atoms with Crippen LogP contribution in [0, 0.1) is 0 Å². The van der Waals surface area contributed by atoms with Gasteiger partial charge < -0.3 is 19.9 Å². The molecule has 3 aromatic rings. The molecule has 136 valence electrons. The highest BCUT2D eigenvalue weighted by atomic mass is 16.7. The fourth-order valence-corrected chi connectivity index (χ4v) is 3.10. The summed E-state index contributed by atoms with van der Waals surface area (Å²) < 4.78 is 10.7. The van der Waals surface area contributed by atoms with Gasteiger partial charge in [-0.15, -0.1) is 0 Å². The lowest BCUT2D eigenvalue weighted by Gasteiger charge is -2.12. The summed E-state index contributed by atoms with van der Waals surface area (Å²) in [7, 11) is 0. The average molecular weight is 361 g/mol. The first kappa shape index (κ1) is 17.0. The number of fused-ring (bicyclic) bond motifs is 1. The summed E-state index contributed by atoms with van der Waals surface area (Å²) in [4.78, 5) is 11.6. The maximum Gasteiger partial charge on any atom is 0.337 e. The molecule has 27 heavy (non-hydrogen) atoms. The van der Waals surface area contributed by atoms with Crippen LogP contribution in [-0.4, -0.2) is 17.9 Å². The molecule has 0 atom stereocenters. The van der Waals surface area contributed by atoms with Gasteiger partial charge >= 0.3 is 5.97 Å². The van der Waals surface area contributed by atoms with Gasteiger partial charge in [-0.3, -0.25) is 0 Å². The van der Waals surface area contributed by atoms with Crippen molar-refractivity contribution in [3.8, 4) is 11.5 Å². The third kappa shape index (κ3) is 3.87. The van der Waals surface area contributed by atoms with Gasteiger partial charge in [0, 0.05) is 11.8 Å². The molecular weight excluding hydrogens is 342 g/mol. The van der Waals surface area contributed by atoms with Gasteiger partial charge in [0.25, 0.3) is 0 Å². The molecule has 0 radical (unpaired) electrons. The summed E-state index contributed by atoms with van der Waals surface area (Å²) >= 11 is 0. The Morgan fingerprint density at radius 2 is 1.67 bits per heavy atom. The molecule has 0 aliphatic carbocycles. The second-order valence-electron chi connectivity index (χ2n) is 6.36. The quantitative estimate of drug-likeness (QED) is 0.669. The van der Waals surface area contributed by atoms with E-state index in [1.807, 2.05) is 48.5 Å². The minimum absolute atomic E-state index is 0.203. The lowest BCUT2D eigenvalue weighted by atomic mass is 10.0. The Morgan fingerprint density at radius 3 is 2.48 bits per heavy atom. The van der Waals surface area contributed by atoms with Gasteiger partial charge in [-0.1, -0.05) is 36.4 Å². The molecule has 5 heteroatoms. The molecule has 0 fully saturated rings. The van der Waals surface area contributed by atoms with Gasteiger partial charge in [0.2, 0.25) is 6.79 Å². The number of benzene rings is 3. The number of hydrogen-bond donors (Lipinski definition) is 2. The van der Waals surface area contributed by atoms with E-state index in [1.165, 1.54) is 5.56 Å². The second-order valence-corrected chi connectivity index (χ2v) is 6.36. The molecule has 0 spiro atoms. The number of hydrogen-bond acceptors (Lipinski definition) is 4. The molecule has 5 nitrogen and oxygen atoms in total. The van der Waals surface area contributed by atoms with E-state index in [9.17, 15) is 9.90 Å². The fourth-order valence-electron chi connectivity index (χ4n) is 3.10. The van der Waals surface area contributed by atoms with Crippen molar-refractivity contribution in [2.45, 2.75) is 12.8 Å². The third-order valence-corrected chi connectivity index (χ3v) is 4.51. The molecule has 0 amide bonds. The van der Waals surface area contributed by atoms with Crippen LogP contribution in [0.2, 0.25) is 0 Å². The highest BCUT2D eigenvalue weighted by molar-refractivity contribution is 5.95. The summed E-state index contributed by atoms with van der Waals surface area (Å²) in [5.74, 6) is 0.376. The Labute approximate surface area is 157 Å². The molecule has 1 aliphatic heterocycles. The van der Waals surface area contributed by atoms with Crippen LogP contribution in [0.5, 0.6) is 11.5 Å². The van der Waals surface area contributed by atoms with E-state index in [1.54, 1.807) is 6.07 Å². The minimum atomic E-state index is -0.965. The zero-order chi connectivity index (χ0) is 18.6. The molecule has 1 aliphatic rings. The van der Waals surface area contributed by atoms with E-state index in [0.717, 1.165) is 24.1 Å². The van der Waals surface area contributed by atoms with Crippen molar-refractivity contribution in [2.24, 2.45) is 0 Å². The lowest BCUT2D eigenvalue weighted by molar-refractivity contribution is 0.0698. The molecule has 0 aromatic heterocycles. The monoisotopic (exact) mass is 361 g/mol. The number of aromatic carboxylic acids is 1. The molecular formula is C22H19NO4. The van der Waals surface area contributed by atoms with Crippen LogP contribution in [0.3, 0.4) is 0 Å². The summed E-state index contributed by atoms with van der Waals surface area (Å²) in [5.41, 5.74) is 3.88. The van der Waals surface area contributed by atoms with Crippen LogP contribution in [-0.2, 0) is 12.8 Å². The standard InChI is InChI=1S/C22H19NO4/c24-22(25)18-10-8-16(7-6-15-4-2-1-3-5-15)12-19(18)23-17-9-11-20-21(13-17)27-14-26-20/h1-5,8-13,23H,6-7,14H2,(H,24,25). The highest BCUT2D eigenvalue weighted by Gasteiger charge is 2.15. The predicted molar refractivity (Wildman–Crippen MR) is 103 cm³/mol. The molecule has 0 saturated heterocycles. The predicted octanol–water partition coefficient (Wildman–Crippen LogP) is 4.64. The Hall–Kier alpha value is -3.47. The molecule has 0 unspecified atom stereocenters. The summed E-state index contributed by atoms with van der Waals surface area (Å²) in [5, 5.41) is 12.7. The van der Waals surface area contributed by atoms with Crippen LogP contribution in [0.1, 0.15) is 21.5 Å². The van der Waals surface area contributed by atoms with Crippen molar-refractivity contribution >= 4 is 17.3 Å². The van der Waals surface area contributed by atoms with Crippen LogP contribution in [0.15, 0.2) is 66.7 Å². The first-order valence-electron chi connectivity index (χ1n) is 8.76. The smallest absolute Gasteiger partial charge is 0.337 e. The number of rotatable bonds is 6. The first-order chi connectivity index (χ1) is 13.2. The number of aryl methyl sites for hydroxylation is 2. The van der Waals surface area contributed by atoms with E-state index < -0.39 is 5.97 Å². The molecule has 0 bridgehead atoms. The molecule has 3 aromatic carbocycles. The maximum atomic E-state index is 11.6. The van der Waals surface area contributed by atoms with E-state index in [0.29, 0.717) is 17.2 Å². The van der Waals surface area contributed by atoms with E-state index >= 15 is 0 Å². The van der Waals surface area contributed by atoms with Crippen molar-refractivity contribution < 1.29 is 19.4 Å². The Bertz CT molecular complexity index is 969. The van der Waals surface area contributed by atoms with Gasteiger partial charge in [-0.25, -0.2) is 4.79 Å². The fraction of sp³-hybridized carbons (Fsp3) is 0.136. The Balaban J connectivity index is 1.56. The zero-order valence-electron chi connectivity index (χ0n) is 14.6. The van der Waals surface area contributed by atoms with Crippen molar-refractivity contribution in [2.75, 3.05) is 12.1 Å². The van der Waals surface area contributed by atoms with Crippen molar-refractivity contribution in [3.05, 3.63) is 83.4 Å². The zero-order valence-corrected chi connectivity index (χ0v) is 14.6. The minimum Gasteiger partial charge on any atom is -0.478 e. The molecule has 0 saturated carbocycles. The van der Waals surface area contributed by atoms with E-state index in [2.05, 4.69) is 17.4 Å². The van der Waals surface area contributed by atoms with Crippen LogP contribution in [0.4, 0.5) is 11.4 Å². The van der Waals surface area contributed by atoms with Crippen LogP contribution in [0.25, 0.3) is 0 Å². The number of anilines is 2. The number of nitrogens with one attached hydrogen (secondary N) is 1. The molecule has 2 N–H and O–H groups in total. The van der Waals surface area contributed by atoms with E-state index in [-0.39, 0.29) is 12.4 Å². The number of carbonyl (C=O) groups is 1. The highest BCUT2D eigenvalue weighted by Crippen LogP contribution is 2.35. The molecule has 1 heterocycles. The van der Waals surface area contributed by atoms with Crippen molar-refractivity contribution in [3.63, 3.8) is 0 Å². The van der Waals surface area contributed by atoms with E-state index in [4.69, 9.17) is 9.47 Å².